The van der Waals surface area contributed by atoms with Crippen LogP contribution in [0.1, 0.15) is 15.9 Å². The lowest BCUT2D eigenvalue weighted by molar-refractivity contribution is 0.102. The summed E-state index contributed by atoms with van der Waals surface area (Å²) in [7, 11) is 3.08. The highest BCUT2D eigenvalue weighted by Gasteiger charge is 2.05. The summed E-state index contributed by atoms with van der Waals surface area (Å²) in [5.41, 5.74) is 2.14. The summed E-state index contributed by atoms with van der Waals surface area (Å²) in [6.45, 7) is 0. The van der Waals surface area contributed by atoms with E-state index in [9.17, 15) is 4.79 Å². The van der Waals surface area contributed by atoms with Crippen molar-refractivity contribution in [1.29, 1.82) is 0 Å². The number of methoxy groups -OCH3 is 1. The van der Waals surface area contributed by atoms with E-state index in [1.807, 2.05) is 0 Å². The third-order valence-corrected chi connectivity index (χ3v) is 2.83. The Morgan fingerprint density at radius 3 is 2.29 bits per heavy atom. The Bertz CT molecular complexity index is 619. The Morgan fingerprint density at radius 1 is 1.05 bits per heavy atom. The first kappa shape index (κ1) is 14.6. The monoisotopic (exact) mass is 284 g/mol. The van der Waals surface area contributed by atoms with Crippen LogP contribution in [0.5, 0.6) is 5.75 Å². The lowest BCUT2D eigenvalue weighted by Gasteiger charge is -2.06. The van der Waals surface area contributed by atoms with Crippen LogP contribution >= 0.6 is 0 Å². The highest BCUT2D eigenvalue weighted by molar-refractivity contribution is 6.04. The Morgan fingerprint density at radius 2 is 1.71 bits per heavy atom. The topological polar surface area (TPSA) is 59.9 Å². The minimum absolute atomic E-state index is 0.171. The normalized spacial score (nSPS) is 10.4. The molecule has 21 heavy (non-hydrogen) atoms. The molecule has 0 atom stereocenters. The molecular weight excluding hydrogens is 268 g/mol. The van der Waals surface area contributed by atoms with E-state index in [4.69, 9.17) is 4.74 Å². The molecule has 2 aromatic carbocycles. The molecule has 5 heteroatoms. The molecule has 0 saturated heterocycles. The number of anilines is 1. The largest absolute Gasteiger partial charge is 0.497 e. The highest BCUT2D eigenvalue weighted by Crippen LogP contribution is 2.16. The van der Waals surface area contributed by atoms with Crippen molar-refractivity contribution in [1.82, 2.24) is 0 Å². The first-order valence-corrected chi connectivity index (χ1v) is 6.35. The second-order valence-corrected chi connectivity index (χ2v) is 4.22. The van der Waals surface area contributed by atoms with Crippen LogP contribution in [0, 0.1) is 0 Å². The molecule has 0 radical (unpaired) electrons. The van der Waals surface area contributed by atoms with Gasteiger partial charge in [-0.25, -0.2) is 0 Å². The minimum atomic E-state index is -0.171. The van der Waals surface area contributed by atoms with Gasteiger partial charge in [-0.15, -0.1) is 0 Å². The second kappa shape index (κ2) is 7.09. The van der Waals surface area contributed by atoms with Gasteiger partial charge in [0.1, 0.15) is 12.9 Å². The summed E-state index contributed by atoms with van der Waals surface area (Å²) in [4.78, 5) is 16.7. The molecule has 1 N–H and O–H groups in total. The quantitative estimate of drug-likeness (QED) is 0.678. The highest BCUT2D eigenvalue weighted by atomic mass is 16.6. The van der Waals surface area contributed by atoms with Crippen LogP contribution in [-0.4, -0.2) is 26.3 Å². The molecule has 0 saturated carbocycles. The fourth-order valence-corrected chi connectivity index (χ4v) is 1.71. The molecule has 0 aliphatic heterocycles. The second-order valence-electron chi connectivity index (χ2n) is 4.22. The molecule has 5 nitrogen and oxygen atoms in total. The molecule has 0 heterocycles. The van der Waals surface area contributed by atoms with E-state index >= 15 is 0 Å². The summed E-state index contributed by atoms with van der Waals surface area (Å²) in [5, 5.41) is 6.48. The molecule has 0 spiro atoms. The summed E-state index contributed by atoms with van der Waals surface area (Å²) in [6, 6.07) is 14.2. The number of hydrogen-bond acceptors (Lipinski definition) is 4. The number of ether oxygens (including phenoxy) is 1. The van der Waals surface area contributed by atoms with Crippen LogP contribution < -0.4 is 10.1 Å². The summed E-state index contributed by atoms with van der Waals surface area (Å²) < 4.78 is 5.07. The van der Waals surface area contributed by atoms with Crippen molar-refractivity contribution in [3.63, 3.8) is 0 Å². The number of carbonyl (C=O) groups excluding carboxylic acids is 1. The molecule has 0 aromatic heterocycles. The van der Waals surface area contributed by atoms with E-state index < -0.39 is 0 Å². The van der Waals surface area contributed by atoms with Gasteiger partial charge in [-0.3, -0.25) is 4.79 Å². The van der Waals surface area contributed by atoms with Crippen molar-refractivity contribution in [3.8, 4) is 5.75 Å². The number of oxime groups is 1. The number of benzene rings is 2. The summed E-state index contributed by atoms with van der Waals surface area (Å²) in [5.74, 6) is 0.574. The maximum Gasteiger partial charge on any atom is 0.255 e. The van der Waals surface area contributed by atoms with E-state index in [0.717, 1.165) is 11.3 Å². The Balaban J connectivity index is 2.03. The van der Waals surface area contributed by atoms with Gasteiger partial charge >= 0.3 is 0 Å². The zero-order chi connectivity index (χ0) is 15.1. The van der Waals surface area contributed by atoms with Crippen LogP contribution in [0.15, 0.2) is 53.7 Å². The van der Waals surface area contributed by atoms with Gasteiger partial charge in [0.2, 0.25) is 0 Å². The molecule has 0 aliphatic rings. The van der Waals surface area contributed by atoms with Crippen LogP contribution in [0.25, 0.3) is 0 Å². The van der Waals surface area contributed by atoms with E-state index in [0.29, 0.717) is 11.3 Å². The van der Waals surface area contributed by atoms with E-state index in [2.05, 4.69) is 15.3 Å². The Hall–Kier alpha value is -2.82. The van der Waals surface area contributed by atoms with Crippen LogP contribution in [0.2, 0.25) is 0 Å². The first-order chi connectivity index (χ1) is 10.2. The average molecular weight is 284 g/mol. The van der Waals surface area contributed by atoms with Gasteiger partial charge in [-0.2, -0.15) is 0 Å². The van der Waals surface area contributed by atoms with E-state index in [1.165, 1.54) is 7.11 Å². The lowest BCUT2D eigenvalue weighted by Crippen LogP contribution is -2.11. The number of rotatable bonds is 5. The van der Waals surface area contributed by atoms with Gasteiger partial charge in [0, 0.05) is 11.3 Å². The fraction of sp³-hybridized carbons (Fsp3) is 0.125. The van der Waals surface area contributed by atoms with Gasteiger partial charge in [0.15, 0.2) is 0 Å². The molecule has 108 valence electrons. The number of nitrogens with one attached hydrogen (secondary N) is 1. The maximum atomic E-state index is 12.1. The average Bonchev–Trinajstić information content (AvgIpc) is 2.54. The molecule has 1 amide bonds. The molecule has 2 rings (SSSR count). The van der Waals surface area contributed by atoms with Gasteiger partial charge in [0.05, 0.1) is 13.3 Å². The van der Waals surface area contributed by atoms with E-state index in [1.54, 1.807) is 61.9 Å². The lowest BCUT2D eigenvalue weighted by atomic mass is 10.1. The maximum absolute atomic E-state index is 12.1. The van der Waals surface area contributed by atoms with Gasteiger partial charge in [-0.05, 0) is 42.0 Å². The summed E-state index contributed by atoms with van der Waals surface area (Å²) in [6.07, 6.45) is 1.57. The standard InChI is InChI=1S/C16H16N2O3/c1-20-15-9-7-14(8-10-15)18-16(19)13-5-3-12(4-6-13)11-17-21-2/h3-11H,1-2H3,(H,18,19)/b17-11+. The van der Waals surface area contributed by atoms with Crippen LogP contribution in [-0.2, 0) is 4.84 Å². The van der Waals surface area contributed by atoms with Crippen molar-refractivity contribution < 1.29 is 14.4 Å². The van der Waals surface area contributed by atoms with Crippen molar-refractivity contribution in [3.05, 3.63) is 59.7 Å². The first-order valence-electron chi connectivity index (χ1n) is 6.35. The zero-order valence-electron chi connectivity index (χ0n) is 11.9. The van der Waals surface area contributed by atoms with E-state index in [-0.39, 0.29) is 5.91 Å². The molecule has 0 aliphatic carbocycles. The van der Waals surface area contributed by atoms with Crippen molar-refractivity contribution in [2.45, 2.75) is 0 Å². The number of carbonyl (C=O) groups is 1. The Labute approximate surface area is 123 Å². The van der Waals surface area contributed by atoms with Crippen LogP contribution in [0.4, 0.5) is 5.69 Å². The van der Waals surface area contributed by atoms with Gasteiger partial charge < -0.3 is 14.9 Å². The number of amides is 1. The zero-order valence-corrected chi connectivity index (χ0v) is 11.9. The predicted octanol–water partition coefficient (Wildman–Crippen LogP) is 2.93. The summed E-state index contributed by atoms with van der Waals surface area (Å²) >= 11 is 0. The molecule has 0 bridgehead atoms. The molecular formula is C16H16N2O3. The minimum Gasteiger partial charge on any atom is -0.497 e. The fourth-order valence-electron chi connectivity index (χ4n) is 1.71. The van der Waals surface area contributed by atoms with Crippen molar-refractivity contribution in [2.24, 2.45) is 5.16 Å². The van der Waals surface area contributed by atoms with Gasteiger partial charge in [0.25, 0.3) is 5.91 Å². The SMILES string of the molecule is CO/N=C/c1ccc(C(=O)Nc2ccc(OC)cc2)cc1. The van der Waals surface area contributed by atoms with Crippen molar-refractivity contribution in [2.75, 3.05) is 19.5 Å². The predicted molar refractivity (Wildman–Crippen MR) is 82.0 cm³/mol. The Kier molecular flexibility index (Phi) is 4.93. The molecule has 0 unspecified atom stereocenters. The number of hydrogen-bond donors (Lipinski definition) is 1. The third kappa shape index (κ3) is 4.07. The van der Waals surface area contributed by atoms with Crippen molar-refractivity contribution >= 4 is 17.8 Å². The van der Waals surface area contributed by atoms with Crippen LogP contribution in [0.3, 0.4) is 0 Å². The molecule has 0 fully saturated rings. The smallest absolute Gasteiger partial charge is 0.255 e. The third-order valence-electron chi connectivity index (χ3n) is 2.83. The molecule has 2 aromatic rings. The number of nitrogens with zero attached hydrogens (tertiary/aromatic N) is 1. The van der Waals surface area contributed by atoms with Gasteiger partial charge in [-0.1, -0.05) is 17.3 Å².